The molecule has 4 nitrogen and oxygen atoms in total. The van der Waals surface area contributed by atoms with E-state index in [4.69, 9.17) is 0 Å². The second kappa shape index (κ2) is 7.18. The SMILES string of the molecule is Cc1ccc(N2CCN(C(=O)Nc3ccc(C)cc3C)CC2C)cc1. The lowest BCUT2D eigenvalue weighted by Crippen LogP contribution is -2.54. The standard InChI is InChI=1S/C21H27N3O/c1-15-5-8-19(9-6-15)24-12-11-23(14-18(24)4)21(25)22-20-10-7-16(2)13-17(20)3/h5-10,13,18H,11-12,14H2,1-4H3,(H,22,25). The number of nitrogens with one attached hydrogen (secondary N) is 1. The zero-order chi connectivity index (χ0) is 18.0. The van der Waals surface area contributed by atoms with Crippen molar-refractivity contribution in [3.8, 4) is 0 Å². The molecular formula is C21H27N3O. The molecule has 0 radical (unpaired) electrons. The van der Waals surface area contributed by atoms with Crippen LogP contribution in [0.2, 0.25) is 0 Å². The third kappa shape index (κ3) is 3.95. The van der Waals surface area contributed by atoms with Crippen molar-refractivity contribution in [3.05, 3.63) is 59.2 Å². The predicted molar refractivity (Wildman–Crippen MR) is 104 cm³/mol. The summed E-state index contributed by atoms with van der Waals surface area (Å²) in [4.78, 5) is 16.9. The van der Waals surface area contributed by atoms with E-state index in [1.807, 2.05) is 24.0 Å². The normalized spacial score (nSPS) is 17.5. The van der Waals surface area contributed by atoms with Gasteiger partial charge >= 0.3 is 6.03 Å². The van der Waals surface area contributed by atoms with E-state index in [0.717, 1.165) is 30.9 Å². The van der Waals surface area contributed by atoms with Gasteiger partial charge in [-0.05, 0) is 51.5 Å². The van der Waals surface area contributed by atoms with Gasteiger partial charge in [-0.3, -0.25) is 0 Å². The van der Waals surface area contributed by atoms with Gasteiger partial charge in [-0.1, -0.05) is 35.4 Å². The maximum atomic E-state index is 12.6. The number of rotatable bonds is 2. The Hall–Kier alpha value is -2.49. The van der Waals surface area contributed by atoms with Crippen LogP contribution in [0.4, 0.5) is 16.2 Å². The molecule has 132 valence electrons. The van der Waals surface area contributed by atoms with Gasteiger partial charge in [0, 0.05) is 37.1 Å². The summed E-state index contributed by atoms with van der Waals surface area (Å²) in [5, 5.41) is 3.06. The van der Waals surface area contributed by atoms with Crippen LogP contribution in [0.25, 0.3) is 0 Å². The Kier molecular flexibility index (Phi) is 4.98. The molecule has 2 amide bonds. The molecule has 1 aliphatic rings. The first kappa shape index (κ1) is 17.3. The molecule has 1 unspecified atom stereocenters. The molecule has 1 saturated heterocycles. The average molecular weight is 337 g/mol. The topological polar surface area (TPSA) is 35.6 Å². The lowest BCUT2D eigenvalue weighted by Gasteiger charge is -2.41. The molecule has 4 heteroatoms. The summed E-state index contributed by atoms with van der Waals surface area (Å²) in [5.74, 6) is 0. The van der Waals surface area contributed by atoms with Gasteiger partial charge in [0.2, 0.25) is 0 Å². The minimum absolute atomic E-state index is 0.0117. The van der Waals surface area contributed by atoms with Crippen molar-refractivity contribution >= 4 is 17.4 Å². The second-order valence-electron chi connectivity index (χ2n) is 7.07. The van der Waals surface area contributed by atoms with Crippen molar-refractivity contribution in [2.45, 2.75) is 33.7 Å². The van der Waals surface area contributed by atoms with E-state index in [0.29, 0.717) is 6.04 Å². The van der Waals surface area contributed by atoms with Gasteiger partial charge in [-0.25, -0.2) is 4.79 Å². The highest BCUT2D eigenvalue weighted by atomic mass is 16.2. The first-order chi connectivity index (χ1) is 11.9. The van der Waals surface area contributed by atoms with Gasteiger partial charge in [-0.2, -0.15) is 0 Å². The number of hydrogen-bond acceptors (Lipinski definition) is 2. The zero-order valence-corrected chi connectivity index (χ0v) is 15.5. The number of amides is 2. The van der Waals surface area contributed by atoms with Gasteiger partial charge in [0.1, 0.15) is 0 Å². The molecule has 0 bridgehead atoms. The maximum Gasteiger partial charge on any atom is 0.321 e. The highest BCUT2D eigenvalue weighted by molar-refractivity contribution is 5.90. The fraction of sp³-hybridized carbons (Fsp3) is 0.381. The van der Waals surface area contributed by atoms with Crippen molar-refractivity contribution in [1.82, 2.24) is 4.90 Å². The second-order valence-corrected chi connectivity index (χ2v) is 7.07. The van der Waals surface area contributed by atoms with Gasteiger partial charge in [0.05, 0.1) is 0 Å². The van der Waals surface area contributed by atoms with Crippen LogP contribution in [-0.2, 0) is 0 Å². The van der Waals surface area contributed by atoms with Gasteiger partial charge in [0.15, 0.2) is 0 Å². The summed E-state index contributed by atoms with van der Waals surface area (Å²) in [6.45, 7) is 10.7. The van der Waals surface area contributed by atoms with Crippen molar-refractivity contribution in [2.24, 2.45) is 0 Å². The van der Waals surface area contributed by atoms with Crippen LogP contribution in [0.15, 0.2) is 42.5 Å². The predicted octanol–water partition coefficient (Wildman–Crippen LogP) is 4.35. The van der Waals surface area contributed by atoms with Crippen LogP contribution in [-0.4, -0.2) is 36.6 Å². The number of carbonyl (C=O) groups excluding carboxylic acids is 1. The Morgan fingerprint density at radius 2 is 1.68 bits per heavy atom. The molecule has 1 fully saturated rings. The first-order valence-corrected chi connectivity index (χ1v) is 8.90. The fourth-order valence-corrected chi connectivity index (χ4v) is 3.41. The van der Waals surface area contributed by atoms with Crippen molar-refractivity contribution < 1.29 is 4.79 Å². The van der Waals surface area contributed by atoms with E-state index in [9.17, 15) is 4.79 Å². The third-order valence-corrected chi connectivity index (χ3v) is 4.90. The number of urea groups is 1. The molecule has 1 heterocycles. The Balaban J connectivity index is 1.64. The Morgan fingerprint density at radius 3 is 2.32 bits per heavy atom. The van der Waals surface area contributed by atoms with Crippen molar-refractivity contribution in [2.75, 3.05) is 29.9 Å². The van der Waals surface area contributed by atoms with E-state index in [1.54, 1.807) is 0 Å². The number of hydrogen-bond donors (Lipinski definition) is 1. The molecule has 2 aromatic carbocycles. The summed E-state index contributed by atoms with van der Waals surface area (Å²) >= 11 is 0. The van der Waals surface area contributed by atoms with E-state index in [2.05, 4.69) is 61.3 Å². The highest BCUT2D eigenvalue weighted by Crippen LogP contribution is 2.22. The molecule has 0 aliphatic carbocycles. The van der Waals surface area contributed by atoms with Crippen LogP contribution >= 0.6 is 0 Å². The average Bonchev–Trinajstić information content (AvgIpc) is 2.58. The summed E-state index contributed by atoms with van der Waals surface area (Å²) in [5.41, 5.74) is 5.69. The zero-order valence-electron chi connectivity index (χ0n) is 15.5. The molecule has 2 aromatic rings. The molecule has 25 heavy (non-hydrogen) atoms. The highest BCUT2D eigenvalue weighted by Gasteiger charge is 2.27. The lowest BCUT2D eigenvalue weighted by molar-refractivity contribution is 0.200. The summed E-state index contributed by atoms with van der Waals surface area (Å²) in [6.07, 6.45) is 0. The lowest BCUT2D eigenvalue weighted by atomic mass is 10.1. The number of nitrogens with zero attached hydrogens (tertiary/aromatic N) is 2. The smallest absolute Gasteiger partial charge is 0.321 e. The number of carbonyl (C=O) groups is 1. The molecule has 0 saturated carbocycles. The largest absolute Gasteiger partial charge is 0.365 e. The first-order valence-electron chi connectivity index (χ1n) is 8.90. The summed E-state index contributed by atoms with van der Waals surface area (Å²) in [7, 11) is 0. The number of piperazine rings is 1. The van der Waals surface area contributed by atoms with Crippen LogP contribution < -0.4 is 10.2 Å². The Bertz CT molecular complexity index is 754. The molecule has 0 spiro atoms. The van der Waals surface area contributed by atoms with Crippen LogP contribution in [0.3, 0.4) is 0 Å². The fourth-order valence-electron chi connectivity index (χ4n) is 3.41. The van der Waals surface area contributed by atoms with Crippen molar-refractivity contribution in [3.63, 3.8) is 0 Å². The molecule has 1 atom stereocenters. The minimum atomic E-state index is -0.0117. The van der Waals surface area contributed by atoms with Crippen molar-refractivity contribution in [1.29, 1.82) is 0 Å². The van der Waals surface area contributed by atoms with Crippen LogP contribution in [0, 0.1) is 20.8 Å². The molecule has 3 rings (SSSR count). The summed E-state index contributed by atoms with van der Waals surface area (Å²) in [6, 6.07) is 15.0. The molecular weight excluding hydrogens is 310 g/mol. The molecule has 1 N–H and O–H groups in total. The minimum Gasteiger partial charge on any atom is -0.365 e. The van der Waals surface area contributed by atoms with Gasteiger partial charge < -0.3 is 15.1 Å². The number of anilines is 2. The molecule has 1 aliphatic heterocycles. The van der Waals surface area contributed by atoms with Crippen LogP contribution in [0.1, 0.15) is 23.6 Å². The van der Waals surface area contributed by atoms with E-state index in [1.165, 1.54) is 16.8 Å². The number of aryl methyl sites for hydroxylation is 3. The summed E-state index contributed by atoms with van der Waals surface area (Å²) < 4.78 is 0. The van der Waals surface area contributed by atoms with E-state index < -0.39 is 0 Å². The van der Waals surface area contributed by atoms with Gasteiger partial charge in [0.25, 0.3) is 0 Å². The third-order valence-electron chi connectivity index (χ3n) is 4.90. The Morgan fingerprint density at radius 1 is 1.00 bits per heavy atom. The van der Waals surface area contributed by atoms with Crippen LogP contribution in [0.5, 0.6) is 0 Å². The Labute approximate surface area is 150 Å². The molecule has 0 aromatic heterocycles. The maximum absolute atomic E-state index is 12.6. The monoisotopic (exact) mass is 337 g/mol. The van der Waals surface area contributed by atoms with Gasteiger partial charge in [-0.15, -0.1) is 0 Å². The van der Waals surface area contributed by atoms with E-state index in [-0.39, 0.29) is 6.03 Å². The number of benzene rings is 2. The quantitative estimate of drug-likeness (QED) is 0.884. The van der Waals surface area contributed by atoms with E-state index >= 15 is 0 Å².